The number of carbonyl (C=O) groups excluding carboxylic acids is 1. The van der Waals surface area contributed by atoms with Gasteiger partial charge in [-0.25, -0.2) is 4.98 Å². The molecular weight excluding hydrogens is 270 g/mol. The van der Waals surface area contributed by atoms with Crippen molar-refractivity contribution in [3.63, 3.8) is 0 Å². The lowest BCUT2D eigenvalue weighted by molar-refractivity contribution is 0.0754. The first-order chi connectivity index (χ1) is 10.0. The molecule has 0 radical (unpaired) electrons. The zero-order valence-corrected chi connectivity index (χ0v) is 13.3. The molecular formula is C15H25N3O3. The average Bonchev–Trinajstić information content (AvgIpc) is 3.06. The first-order valence-electron chi connectivity index (χ1n) is 7.48. The molecule has 0 spiro atoms. The number of likely N-dealkylation sites (tertiary alicyclic amines) is 1. The molecule has 0 N–H and O–H groups in total. The Morgan fingerprint density at radius 1 is 1.62 bits per heavy atom. The molecule has 21 heavy (non-hydrogen) atoms. The Balaban J connectivity index is 1.93. The van der Waals surface area contributed by atoms with Gasteiger partial charge in [0.15, 0.2) is 11.6 Å². The summed E-state index contributed by atoms with van der Waals surface area (Å²) >= 11 is 0. The molecule has 6 heteroatoms. The van der Waals surface area contributed by atoms with E-state index in [1.165, 1.54) is 6.26 Å². The van der Waals surface area contributed by atoms with Crippen LogP contribution in [-0.4, -0.2) is 67.1 Å². The van der Waals surface area contributed by atoms with Gasteiger partial charge in [-0.1, -0.05) is 6.92 Å². The van der Waals surface area contributed by atoms with Crippen LogP contribution in [0, 0.1) is 0 Å². The Kier molecular flexibility index (Phi) is 5.36. The van der Waals surface area contributed by atoms with Gasteiger partial charge in [-0.15, -0.1) is 0 Å². The monoisotopic (exact) mass is 295 g/mol. The number of methoxy groups -OCH3 is 1. The summed E-state index contributed by atoms with van der Waals surface area (Å²) in [7, 11) is 5.61. The molecule has 1 fully saturated rings. The number of likely N-dealkylation sites (N-methyl/N-ethyl adjacent to an activating group) is 2. The maximum absolute atomic E-state index is 12.4. The lowest BCUT2D eigenvalue weighted by Gasteiger charge is -2.24. The van der Waals surface area contributed by atoms with Crippen LogP contribution in [0.4, 0.5) is 0 Å². The maximum atomic E-state index is 12.4. The molecule has 2 rings (SSSR count). The summed E-state index contributed by atoms with van der Waals surface area (Å²) in [6.07, 6.45) is 4.38. The average molecular weight is 295 g/mol. The molecule has 1 aliphatic heterocycles. The van der Waals surface area contributed by atoms with E-state index in [4.69, 9.17) is 9.15 Å². The SMILES string of the molecule is CCCc1nc(C(=O)N(C)C[C@@H]2C[C@H](OC)CN2C)co1. The molecule has 0 unspecified atom stereocenters. The smallest absolute Gasteiger partial charge is 0.275 e. The summed E-state index contributed by atoms with van der Waals surface area (Å²) in [5, 5.41) is 0. The molecule has 2 atom stereocenters. The second-order valence-corrected chi connectivity index (χ2v) is 5.75. The minimum atomic E-state index is -0.0876. The van der Waals surface area contributed by atoms with E-state index >= 15 is 0 Å². The van der Waals surface area contributed by atoms with Gasteiger partial charge in [0.1, 0.15) is 6.26 Å². The molecule has 0 saturated carbocycles. The molecule has 1 saturated heterocycles. The largest absolute Gasteiger partial charge is 0.448 e. The molecule has 1 aliphatic rings. The van der Waals surface area contributed by atoms with E-state index in [-0.39, 0.29) is 12.0 Å². The quantitative estimate of drug-likeness (QED) is 0.794. The van der Waals surface area contributed by atoms with Gasteiger partial charge < -0.3 is 14.1 Å². The van der Waals surface area contributed by atoms with Crippen molar-refractivity contribution in [1.29, 1.82) is 0 Å². The van der Waals surface area contributed by atoms with Crippen molar-refractivity contribution in [2.45, 2.75) is 38.3 Å². The number of aromatic nitrogens is 1. The summed E-state index contributed by atoms with van der Waals surface area (Å²) in [6.45, 7) is 3.64. The van der Waals surface area contributed by atoms with Crippen molar-refractivity contribution < 1.29 is 13.9 Å². The molecule has 1 aromatic heterocycles. The number of amides is 1. The highest BCUT2D eigenvalue weighted by molar-refractivity contribution is 5.91. The molecule has 0 aromatic carbocycles. The first kappa shape index (κ1) is 16.0. The van der Waals surface area contributed by atoms with Crippen LogP contribution in [0.1, 0.15) is 36.1 Å². The third kappa shape index (κ3) is 3.83. The number of carbonyl (C=O) groups is 1. The Hall–Kier alpha value is -1.40. The predicted molar refractivity (Wildman–Crippen MR) is 79.3 cm³/mol. The van der Waals surface area contributed by atoms with Gasteiger partial charge in [0.25, 0.3) is 5.91 Å². The number of hydrogen-bond acceptors (Lipinski definition) is 5. The second kappa shape index (κ2) is 7.04. The fraction of sp³-hybridized carbons (Fsp3) is 0.733. The Morgan fingerprint density at radius 3 is 3.00 bits per heavy atom. The van der Waals surface area contributed by atoms with Crippen molar-refractivity contribution in [3.05, 3.63) is 17.8 Å². The highest BCUT2D eigenvalue weighted by Gasteiger charge is 2.31. The van der Waals surface area contributed by atoms with Crippen molar-refractivity contribution in [2.24, 2.45) is 0 Å². The molecule has 1 aromatic rings. The zero-order chi connectivity index (χ0) is 15.4. The van der Waals surface area contributed by atoms with Gasteiger partial charge in [-0.2, -0.15) is 0 Å². The summed E-state index contributed by atoms with van der Waals surface area (Å²) in [6, 6.07) is 0.325. The van der Waals surface area contributed by atoms with E-state index in [0.717, 1.165) is 25.8 Å². The number of ether oxygens (including phenoxy) is 1. The van der Waals surface area contributed by atoms with Gasteiger partial charge in [-0.05, 0) is 19.9 Å². The maximum Gasteiger partial charge on any atom is 0.275 e. The normalized spacial score (nSPS) is 22.7. The van der Waals surface area contributed by atoms with Gasteiger partial charge in [0, 0.05) is 39.7 Å². The minimum Gasteiger partial charge on any atom is -0.448 e. The molecule has 1 amide bonds. The fourth-order valence-electron chi connectivity index (χ4n) is 2.75. The summed E-state index contributed by atoms with van der Waals surface area (Å²) in [4.78, 5) is 20.6. The summed E-state index contributed by atoms with van der Waals surface area (Å²) < 4.78 is 10.7. The minimum absolute atomic E-state index is 0.0876. The number of nitrogens with zero attached hydrogens (tertiary/aromatic N) is 3. The van der Waals surface area contributed by atoms with Crippen LogP contribution in [-0.2, 0) is 11.2 Å². The molecule has 6 nitrogen and oxygen atoms in total. The van der Waals surface area contributed by atoms with Gasteiger partial charge in [0.05, 0.1) is 6.10 Å². The third-order valence-electron chi connectivity index (χ3n) is 4.05. The Bertz CT molecular complexity index is 474. The van der Waals surface area contributed by atoms with E-state index in [0.29, 0.717) is 24.2 Å². The van der Waals surface area contributed by atoms with Gasteiger partial charge in [-0.3, -0.25) is 9.69 Å². The standard InChI is InChI=1S/C15H25N3O3/c1-5-6-14-16-13(10-21-14)15(19)18(3)8-11-7-12(20-4)9-17(11)2/h10-12H,5-9H2,1-4H3/t11-,12-/m0/s1. The highest BCUT2D eigenvalue weighted by atomic mass is 16.5. The zero-order valence-electron chi connectivity index (χ0n) is 13.3. The molecule has 0 aliphatic carbocycles. The van der Waals surface area contributed by atoms with Crippen LogP contribution in [0.3, 0.4) is 0 Å². The third-order valence-corrected chi connectivity index (χ3v) is 4.05. The second-order valence-electron chi connectivity index (χ2n) is 5.75. The lowest BCUT2D eigenvalue weighted by Crippen LogP contribution is -2.39. The predicted octanol–water partition coefficient (Wildman–Crippen LogP) is 1.42. The van der Waals surface area contributed by atoms with E-state index in [9.17, 15) is 4.79 Å². The van der Waals surface area contributed by atoms with Crippen LogP contribution in [0.5, 0.6) is 0 Å². The molecule has 2 heterocycles. The fourth-order valence-corrected chi connectivity index (χ4v) is 2.75. The number of rotatable bonds is 6. The van der Waals surface area contributed by atoms with Crippen LogP contribution >= 0.6 is 0 Å². The van der Waals surface area contributed by atoms with Crippen molar-refractivity contribution in [2.75, 3.05) is 34.3 Å². The van der Waals surface area contributed by atoms with Gasteiger partial charge >= 0.3 is 0 Å². The van der Waals surface area contributed by atoms with E-state index in [1.807, 2.05) is 7.05 Å². The van der Waals surface area contributed by atoms with E-state index in [1.54, 1.807) is 12.0 Å². The van der Waals surface area contributed by atoms with Crippen molar-refractivity contribution >= 4 is 5.91 Å². The Morgan fingerprint density at radius 2 is 2.38 bits per heavy atom. The van der Waals surface area contributed by atoms with Crippen molar-refractivity contribution in [1.82, 2.24) is 14.8 Å². The first-order valence-corrected chi connectivity index (χ1v) is 7.48. The van der Waals surface area contributed by atoms with Crippen LogP contribution in [0.2, 0.25) is 0 Å². The van der Waals surface area contributed by atoms with Crippen LogP contribution in [0.15, 0.2) is 10.7 Å². The van der Waals surface area contributed by atoms with Gasteiger partial charge in [0.2, 0.25) is 0 Å². The topological polar surface area (TPSA) is 58.8 Å². The van der Waals surface area contributed by atoms with Crippen LogP contribution in [0.25, 0.3) is 0 Å². The van der Waals surface area contributed by atoms with E-state index < -0.39 is 0 Å². The highest BCUT2D eigenvalue weighted by Crippen LogP contribution is 2.19. The number of aryl methyl sites for hydroxylation is 1. The molecule has 118 valence electrons. The Labute approximate surface area is 126 Å². The molecule has 0 bridgehead atoms. The summed E-state index contributed by atoms with van der Waals surface area (Å²) in [5.74, 6) is 0.544. The van der Waals surface area contributed by atoms with Crippen molar-refractivity contribution in [3.8, 4) is 0 Å². The van der Waals surface area contributed by atoms with E-state index in [2.05, 4.69) is 23.9 Å². The number of oxazole rings is 1. The summed E-state index contributed by atoms with van der Waals surface area (Å²) in [5.41, 5.74) is 0.393. The van der Waals surface area contributed by atoms with Crippen LogP contribution < -0.4 is 0 Å². The lowest BCUT2D eigenvalue weighted by atomic mass is 10.2. The number of hydrogen-bond donors (Lipinski definition) is 0.